The largest absolute Gasteiger partial charge is 0.459 e. The Morgan fingerprint density at radius 2 is 1.91 bits per heavy atom. The number of benzene rings is 1. The first kappa shape index (κ1) is 34.8. The van der Waals surface area contributed by atoms with E-state index in [1.165, 1.54) is 19.0 Å². The number of aromatic nitrogens is 2. The Kier molecular flexibility index (Phi) is 10.0. The highest BCUT2D eigenvalue weighted by Crippen LogP contribution is 2.46. The van der Waals surface area contributed by atoms with Crippen LogP contribution in [0.4, 0.5) is 0 Å². The van der Waals surface area contributed by atoms with E-state index in [4.69, 9.17) is 15.5 Å². The standard InChI is InChI=1S/C33H49N7O6S/c1-20(2)24-14-12-16-26-28(24)40(21(3)4)32(35-26)46-23-17-27-29(41)36-33(31(43)37-47(44,45)38(5)6)18-22(33)13-10-8-7-9-11-15-25(34)30(42)39(27)19-23/h10,12-14,16,20-23,25,27H,7-9,11,15,17-19,34H2,1-6H3,(H,36,41)(H,37,43)/b13-10-/t22-,23-,25+,27+,33-/m1/s1. The van der Waals surface area contributed by atoms with Crippen molar-refractivity contribution >= 4 is 39.0 Å². The second kappa shape index (κ2) is 13.6. The van der Waals surface area contributed by atoms with E-state index in [-0.39, 0.29) is 37.3 Å². The normalized spacial score (nSPS) is 28.1. The van der Waals surface area contributed by atoms with Crippen LogP contribution in [0.3, 0.4) is 0 Å². The Morgan fingerprint density at radius 1 is 1.17 bits per heavy atom. The lowest BCUT2D eigenvalue weighted by atomic mass is 10.0. The molecule has 5 atom stereocenters. The molecular weight excluding hydrogens is 622 g/mol. The lowest BCUT2D eigenvalue weighted by molar-refractivity contribution is -0.140. The summed E-state index contributed by atoms with van der Waals surface area (Å²) >= 11 is 0. The first-order valence-electron chi connectivity index (χ1n) is 16.6. The molecule has 1 saturated heterocycles. The molecule has 2 aliphatic heterocycles. The molecule has 4 N–H and O–H groups in total. The van der Waals surface area contributed by atoms with Gasteiger partial charge in [0.05, 0.1) is 23.6 Å². The minimum absolute atomic E-state index is 0.0248. The second-order valence-corrected chi connectivity index (χ2v) is 15.8. The summed E-state index contributed by atoms with van der Waals surface area (Å²) in [6.45, 7) is 8.49. The third-order valence-corrected chi connectivity index (χ3v) is 10.9. The molecule has 14 heteroatoms. The van der Waals surface area contributed by atoms with Gasteiger partial charge in [0.1, 0.15) is 17.7 Å². The van der Waals surface area contributed by atoms with Gasteiger partial charge in [-0.2, -0.15) is 17.7 Å². The fourth-order valence-electron chi connectivity index (χ4n) is 6.69. The van der Waals surface area contributed by atoms with Gasteiger partial charge in [0.25, 0.3) is 11.9 Å². The molecule has 2 aromatic rings. The van der Waals surface area contributed by atoms with Crippen molar-refractivity contribution in [1.29, 1.82) is 0 Å². The van der Waals surface area contributed by atoms with Crippen LogP contribution in [0.15, 0.2) is 30.4 Å². The van der Waals surface area contributed by atoms with E-state index in [9.17, 15) is 22.8 Å². The minimum atomic E-state index is -4.10. The van der Waals surface area contributed by atoms with Crippen LogP contribution in [0.1, 0.15) is 90.2 Å². The van der Waals surface area contributed by atoms with Gasteiger partial charge in [-0.1, -0.05) is 51.0 Å². The average molecular weight is 672 g/mol. The molecule has 47 heavy (non-hydrogen) atoms. The van der Waals surface area contributed by atoms with Gasteiger partial charge in [-0.05, 0) is 57.1 Å². The molecule has 1 saturated carbocycles. The van der Waals surface area contributed by atoms with Crippen LogP contribution in [-0.4, -0.2) is 89.3 Å². The van der Waals surface area contributed by atoms with Crippen molar-refractivity contribution in [3.63, 3.8) is 0 Å². The zero-order chi connectivity index (χ0) is 34.3. The molecule has 5 rings (SSSR count). The van der Waals surface area contributed by atoms with Crippen molar-refractivity contribution in [2.75, 3.05) is 20.6 Å². The Bertz CT molecular complexity index is 1650. The van der Waals surface area contributed by atoms with Gasteiger partial charge in [0.15, 0.2) is 0 Å². The summed E-state index contributed by atoms with van der Waals surface area (Å²) in [5.74, 6) is -1.86. The SMILES string of the molecule is CC(C)c1cccc2nc(O[C@@H]3C[C@H]4C(=O)N[C@]5(C(=O)NS(=O)(=O)N(C)C)C[C@H]5/C=C\CCCCC[C@H](N)C(=O)N4C3)n(C(C)C)c12. The van der Waals surface area contributed by atoms with E-state index in [2.05, 4.69) is 48.4 Å². The number of carbonyl (C=O) groups is 3. The van der Waals surface area contributed by atoms with Crippen molar-refractivity contribution in [2.45, 2.75) is 108 Å². The van der Waals surface area contributed by atoms with Gasteiger partial charge in [-0.3, -0.25) is 19.0 Å². The number of imidazole rings is 1. The molecule has 0 radical (unpaired) electrons. The van der Waals surface area contributed by atoms with Crippen molar-refractivity contribution in [2.24, 2.45) is 11.7 Å². The third kappa shape index (κ3) is 7.05. The van der Waals surface area contributed by atoms with Gasteiger partial charge < -0.3 is 20.7 Å². The molecule has 3 aliphatic rings. The predicted octanol–water partition coefficient (Wildman–Crippen LogP) is 2.73. The summed E-state index contributed by atoms with van der Waals surface area (Å²) < 4.78 is 36.7. The average Bonchev–Trinajstić information content (AvgIpc) is 3.33. The van der Waals surface area contributed by atoms with Crippen molar-refractivity contribution in [3.05, 3.63) is 35.9 Å². The third-order valence-electron chi connectivity index (χ3n) is 9.51. The minimum Gasteiger partial charge on any atom is -0.459 e. The van der Waals surface area contributed by atoms with Crippen LogP contribution >= 0.6 is 0 Å². The molecular formula is C33H49N7O6S. The molecule has 1 aromatic heterocycles. The molecule has 13 nitrogen and oxygen atoms in total. The fourth-order valence-corrected chi connectivity index (χ4v) is 7.29. The molecule has 1 aliphatic carbocycles. The van der Waals surface area contributed by atoms with E-state index in [0.717, 1.165) is 46.6 Å². The van der Waals surface area contributed by atoms with Crippen LogP contribution in [0.5, 0.6) is 6.01 Å². The molecule has 0 bridgehead atoms. The van der Waals surface area contributed by atoms with Crippen LogP contribution in [0.2, 0.25) is 0 Å². The zero-order valence-electron chi connectivity index (χ0n) is 28.2. The smallest absolute Gasteiger partial charge is 0.303 e. The van der Waals surface area contributed by atoms with Crippen LogP contribution < -0.4 is 20.5 Å². The highest BCUT2D eigenvalue weighted by molar-refractivity contribution is 7.87. The number of para-hydroxylation sites is 1. The fraction of sp³-hybridized carbons (Fsp3) is 0.636. The van der Waals surface area contributed by atoms with E-state index < -0.39 is 51.7 Å². The van der Waals surface area contributed by atoms with E-state index >= 15 is 0 Å². The maximum Gasteiger partial charge on any atom is 0.303 e. The molecule has 258 valence electrons. The highest BCUT2D eigenvalue weighted by Gasteiger charge is 2.61. The van der Waals surface area contributed by atoms with E-state index in [1.54, 1.807) is 0 Å². The molecule has 3 heterocycles. The lowest BCUT2D eigenvalue weighted by Gasteiger charge is -2.28. The Hall–Kier alpha value is -3.49. The highest BCUT2D eigenvalue weighted by atomic mass is 32.2. The predicted molar refractivity (Wildman–Crippen MR) is 179 cm³/mol. The summed E-state index contributed by atoms with van der Waals surface area (Å²) in [6, 6.07) is 4.67. The molecule has 0 unspecified atom stereocenters. The first-order valence-corrected chi connectivity index (χ1v) is 18.1. The van der Waals surface area contributed by atoms with Gasteiger partial charge >= 0.3 is 10.2 Å². The monoisotopic (exact) mass is 671 g/mol. The maximum atomic E-state index is 14.1. The quantitative estimate of drug-likeness (QED) is 0.378. The topological polar surface area (TPSA) is 169 Å². The number of ether oxygens (including phenoxy) is 1. The van der Waals surface area contributed by atoms with Gasteiger partial charge in [-0.25, -0.2) is 4.72 Å². The number of amides is 3. The Balaban J connectivity index is 1.46. The van der Waals surface area contributed by atoms with Crippen molar-refractivity contribution < 1.29 is 27.5 Å². The maximum absolute atomic E-state index is 14.1. The molecule has 3 amide bonds. The number of nitrogens with two attached hydrogens (primary N) is 1. The second-order valence-electron chi connectivity index (χ2n) is 13.9. The summed E-state index contributed by atoms with van der Waals surface area (Å²) in [5, 5.41) is 2.86. The Morgan fingerprint density at radius 3 is 2.60 bits per heavy atom. The van der Waals surface area contributed by atoms with Gasteiger partial charge in [-0.15, -0.1) is 0 Å². The number of hydrogen-bond donors (Lipinski definition) is 3. The summed E-state index contributed by atoms with van der Waals surface area (Å²) in [5.41, 5.74) is 7.87. The van der Waals surface area contributed by atoms with E-state index in [0.29, 0.717) is 12.4 Å². The summed E-state index contributed by atoms with van der Waals surface area (Å²) in [7, 11) is -1.47. The van der Waals surface area contributed by atoms with Crippen molar-refractivity contribution in [1.82, 2.24) is 28.8 Å². The molecule has 1 aromatic carbocycles. The Labute approximate surface area is 277 Å². The molecule has 2 fully saturated rings. The van der Waals surface area contributed by atoms with Gasteiger partial charge in [0.2, 0.25) is 11.8 Å². The lowest BCUT2D eigenvalue weighted by Crippen LogP contribution is -2.58. The van der Waals surface area contributed by atoms with E-state index in [1.807, 2.05) is 24.3 Å². The number of fused-ring (bicyclic) bond motifs is 3. The number of hydrogen-bond acceptors (Lipinski definition) is 8. The number of allylic oxidation sites excluding steroid dienone is 1. The number of carbonyl (C=O) groups excluding carboxylic acids is 3. The first-order chi connectivity index (χ1) is 22.2. The zero-order valence-corrected chi connectivity index (χ0v) is 29.0. The van der Waals surface area contributed by atoms with Gasteiger partial charge in [0, 0.05) is 32.5 Å². The number of nitrogens with one attached hydrogen (secondary N) is 2. The number of rotatable bonds is 7. The summed E-state index contributed by atoms with van der Waals surface area (Å²) in [6.07, 6.45) is 7.41. The molecule has 0 spiro atoms. The van der Waals surface area contributed by atoms with Crippen LogP contribution in [-0.2, 0) is 24.6 Å². The summed E-state index contributed by atoms with van der Waals surface area (Å²) in [4.78, 5) is 47.6. The number of nitrogens with zero attached hydrogens (tertiary/aromatic N) is 4. The van der Waals surface area contributed by atoms with Crippen molar-refractivity contribution in [3.8, 4) is 6.01 Å². The van der Waals surface area contributed by atoms with Crippen LogP contribution in [0.25, 0.3) is 11.0 Å². The van der Waals surface area contributed by atoms with Crippen LogP contribution in [0, 0.1) is 5.92 Å².